The highest BCUT2D eigenvalue weighted by molar-refractivity contribution is 14.2. The molecular formula is C14H27I3. The van der Waals surface area contributed by atoms with Crippen molar-refractivity contribution < 1.29 is 0 Å². The number of halogens is 3. The highest BCUT2D eigenvalue weighted by Gasteiger charge is 2.18. The van der Waals surface area contributed by atoms with E-state index >= 15 is 0 Å². The van der Waals surface area contributed by atoms with E-state index in [1.807, 2.05) is 0 Å². The predicted molar refractivity (Wildman–Crippen MR) is 106 cm³/mol. The number of hydrogen-bond acceptors (Lipinski definition) is 0. The molecule has 17 heavy (non-hydrogen) atoms. The Kier molecular flexibility index (Phi) is 14.9. The van der Waals surface area contributed by atoms with Crippen LogP contribution in [0.3, 0.4) is 0 Å². The molecular weight excluding hydrogens is 549 g/mol. The van der Waals surface area contributed by atoms with E-state index in [0.29, 0.717) is 1.43 Å². The highest BCUT2D eigenvalue weighted by atomic mass is 127. The molecule has 0 aliphatic rings. The normalized spacial score (nSPS) is 12.0. The van der Waals surface area contributed by atoms with Crippen molar-refractivity contribution in [1.29, 1.82) is 0 Å². The first-order chi connectivity index (χ1) is 8.12. The smallest absolute Gasteiger partial charge is 0.0732 e. The quantitative estimate of drug-likeness (QED) is 0.130. The van der Waals surface area contributed by atoms with Crippen LogP contribution < -0.4 is 0 Å². The van der Waals surface area contributed by atoms with Gasteiger partial charge < -0.3 is 0 Å². The molecule has 0 unspecified atom stereocenters. The Balaban J connectivity index is 3.09. The van der Waals surface area contributed by atoms with Crippen molar-refractivity contribution in [2.75, 3.05) is 4.43 Å². The van der Waals surface area contributed by atoms with Crippen molar-refractivity contribution in [2.24, 2.45) is 0 Å². The van der Waals surface area contributed by atoms with Gasteiger partial charge >= 0.3 is 0 Å². The molecule has 0 saturated carbocycles. The van der Waals surface area contributed by atoms with Crippen molar-refractivity contribution in [2.45, 2.75) is 79.0 Å². The average molecular weight is 576 g/mol. The first-order valence-electron chi connectivity index (χ1n) is 7.06. The van der Waals surface area contributed by atoms with Gasteiger partial charge in [0.05, 0.1) is 1.43 Å². The lowest BCUT2D eigenvalue weighted by atomic mass is 10.1. The minimum absolute atomic E-state index is 0.523. The molecule has 0 spiro atoms. The topological polar surface area (TPSA) is 0 Å². The van der Waals surface area contributed by atoms with Crippen molar-refractivity contribution in [3.05, 3.63) is 0 Å². The fraction of sp³-hybridized carbons (Fsp3) is 1.00. The zero-order valence-electron chi connectivity index (χ0n) is 11.1. The van der Waals surface area contributed by atoms with Crippen LogP contribution >= 0.6 is 67.8 Å². The number of unbranched alkanes of at least 4 members (excludes halogenated alkanes) is 8. The fourth-order valence-corrected chi connectivity index (χ4v) is 3.19. The van der Waals surface area contributed by atoms with Crippen LogP contribution in [0.5, 0.6) is 0 Å². The maximum Gasteiger partial charge on any atom is 0.0732 e. The van der Waals surface area contributed by atoms with Crippen molar-refractivity contribution >= 4 is 67.8 Å². The number of rotatable bonds is 12. The van der Waals surface area contributed by atoms with Crippen LogP contribution in [0, 0.1) is 0 Å². The average Bonchev–Trinajstić information content (AvgIpc) is 2.31. The summed E-state index contributed by atoms with van der Waals surface area (Å²) in [6, 6.07) is 0. The van der Waals surface area contributed by atoms with Crippen LogP contribution in [-0.2, 0) is 0 Å². The van der Waals surface area contributed by atoms with Gasteiger partial charge in [-0.2, -0.15) is 0 Å². The summed E-state index contributed by atoms with van der Waals surface area (Å²) in [5.41, 5.74) is 0. The van der Waals surface area contributed by atoms with E-state index in [2.05, 4.69) is 74.7 Å². The number of hydrogen-bond donors (Lipinski definition) is 0. The molecule has 0 aromatic carbocycles. The summed E-state index contributed by atoms with van der Waals surface area (Å²) < 4.78 is 1.86. The van der Waals surface area contributed by atoms with E-state index in [9.17, 15) is 0 Å². The summed E-state index contributed by atoms with van der Waals surface area (Å²) in [4.78, 5) is 0. The fourth-order valence-electron chi connectivity index (χ4n) is 1.89. The van der Waals surface area contributed by atoms with Gasteiger partial charge in [0.15, 0.2) is 0 Å². The third kappa shape index (κ3) is 14.4. The first kappa shape index (κ1) is 19.2. The van der Waals surface area contributed by atoms with Gasteiger partial charge in [0.2, 0.25) is 0 Å². The molecule has 0 nitrogen and oxygen atoms in total. The Hall–Kier alpha value is 2.19. The lowest BCUT2D eigenvalue weighted by molar-refractivity contribution is 0.552. The van der Waals surface area contributed by atoms with Gasteiger partial charge in [0, 0.05) is 0 Å². The zero-order chi connectivity index (χ0) is 13.0. The van der Waals surface area contributed by atoms with E-state index < -0.39 is 0 Å². The Labute approximate surface area is 149 Å². The van der Waals surface area contributed by atoms with E-state index in [0.717, 1.165) is 0 Å². The van der Waals surface area contributed by atoms with Gasteiger partial charge in [-0.3, -0.25) is 0 Å². The van der Waals surface area contributed by atoms with Crippen LogP contribution in [0.15, 0.2) is 0 Å². The summed E-state index contributed by atoms with van der Waals surface area (Å²) in [7, 11) is 0. The third-order valence-corrected chi connectivity index (χ3v) is 6.56. The monoisotopic (exact) mass is 576 g/mol. The van der Waals surface area contributed by atoms with Crippen LogP contribution in [0.4, 0.5) is 0 Å². The second-order valence-electron chi connectivity index (χ2n) is 4.83. The van der Waals surface area contributed by atoms with Gasteiger partial charge in [0.25, 0.3) is 0 Å². The third-order valence-electron chi connectivity index (χ3n) is 3.19. The van der Waals surface area contributed by atoms with Crippen molar-refractivity contribution in [1.82, 2.24) is 0 Å². The van der Waals surface area contributed by atoms with Gasteiger partial charge in [-0.1, -0.05) is 126 Å². The summed E-state index contributed by atoms with van der Waals surface area (Å²) in [6.45, 7) is 2.30. The molecule has 0 aromatic heterocycles. The molecule has 0 amide bonds. The predicted octanol–water partition coefficient (Wildman–Crippen LogP) is 7.30. The van der Waals surface area contributed by atoms with Crippen LogP contribution in [0.2, 0.25) is 0 Å². The molecule has 0 rings (SSSR count). The van der Waals surface area contributed by atoms with Gasteiger partial charge in [-0.15, -0.1) is 0 Å². The SMILES string of the molecule is CCC(I)(I)CCCCCCCCCCCI. The van der Waals surface area contributed by atoms with Crippen LogP contribution in [0.25, 0.3) is 0 Å². The maximum absolute atomic E-state index is 2.61. The first-order valence-corrected chi connectivity index (χ1v) is 10.7. The standard InChI is InChI=1S/C14H27I3/c1-2-14(16,17)12-10-8-6-4-3-5-7-9-11-13-15/h2-13H2,1H3. The van der Waals surface area contributed by atoms with Gasteiger partial charge in [0.1, 0.15) is 0 Å². The minimum Gasteiger partial charge on any atom is -0.0864 e. The Bertz CT molecular complexity index is 158. The Morgan fingerprint density at radius 2 is 1.12 bits per heavy atom. The minimum atomic E-state index is 0.523. The molecule has 0 aliphatic carbocycles. The molecule has 3 heteroatoms. The van der Waals surface area contributed by atoms with Crippen molar-refractivity contribution in [3.63, 3.8) is 0 Å². The molecule has 0 aromatic rings. The number of alkyl halides is 3. The molecule has 0 bridgehead atoms. The molecule has 0 aliphatic heterocycles. The van der Waals surface area contributed by atoms with Crippen LogP contribution in [0.1, 0.15) is 77.6 Å². The van der Waals surface area contributed by atoms with Crippen molar-refractivity contribution in [3.8, 4) is 0 Å². The van der Waals surface area contributed by atoms with E-state index in [1.54, 1.807) is 0 Å². The lowest BCUT2D eigenvalue weighted by Crippen LogP contribution is -2.07. The molecule has 0 radical (unpaired) electrons. The Morgan fingerprint density at radius 1 is 0.706 bits per heavy atom. The summed E-state index contributed by atoms with van der Waals surface area (Å²) in [5.74, 6) is 0. The molecule has 104 valence electrons. The summed E-state index contributed by atoms with van der Waals surface area (Å²) in [5, 5.41) is 0. The molecule has 0 saturated heterocycles. The second-order valence-corrected chi connectivity index (χ2v) is 12.1. The zero-order valence-corrected chi connectivity index (χ0v) is 17.6. The summed E-state index contributed by atoms with van der Waals surface area (Å²) >= 11 is 7.70. The summed E-state index contributed by atoms with van der Waals surface area (Å²) in [6.07, 6.45) is 15.7. The maximum atomic E-state index is 2.61. The Morgan fingerprint density at radius 3 is 1.53 bits per heavy atom. The van der Waals surface area contributed by atoms with Gasteiger partial charge in [-0.05, 0) is 23.7 Å². The highest BCUT2D eigenvalue weighted by Crippen LogP contribution is 2.36. The van der Waals surface area contributed by atoms with E-state index in [-0.39, 0.29) is 0 Å². The second kappa shape index (κ2) is 13.2. The van der Waals surface area contributed by atoms with Crippen LogP contribution in [-0.4, -0.2) is 5.86 Å². The lowest BCUT2D eigenvalue weighted by Gasteiger charge is -2.17. The molecule has 0 N–H and O–H groups in total. The molecule has 0 atom stereocenters. The van der Waals surface area contributed by atoms with E-state index in [4.69, 9.17) is 0 Å². The van der Waals surface area contributed by atoms with Gasteiger partial charge in [-0.25, -0.2) is 0 Å². The largest absolute Gasteiger partial charge is 0.0864 e. The van der Waals surface area contributed by atoms with E-state index in [1.165, 1.54) is 75.1 Å². The molecule has 0 heterocycles. The molecule has 0 fully saturated rings.